The largest absolute Gasteiger partial charge is 0.395 e. The van der Waals surface area contributed by atoms with Gasteiger partial charge in [-0.2, -0.15) is 0 Å². The van der Waals surface area contributed by atoms with Gasteiger partial charge in [-0.15, -0.1) is 13.2 Å². The van der Waals surface area contributed by atoms with Crippen LogP contribution in [0.2, 0.25) is 0 Å². The molecule has 3 heterocycles. The maximum atomic E-state index is 14.1. The Balaban J connectivity index is 2.13. The number of hydrogen-bond acceptors (Lipinski definition) is 5. The summed E-state index contributed by atoms with van der Waals surface area (Å²) in [4.78, 5) is 46.2. The molecule has 0 radical (unpaired) electrons. The average molecular weight is 462 g/mol. The second-order valence-electron chi connectivity index (χ2n) is 10.5. The van der Waals surface area contributed by atoms with E-state index in [9.17, 15) is 19.5 Å². The van der Waals surface area contributed by atoms with Crippen molar-refractivity contribution in [3.05, 3.63) is 25.3 Å². The normalized spacial score (nSPS) is 32.6. The summed E-state index contributed by atoms with van der Waals surface area (Å²) in [6, 6.07) is -0.891. The highest BCUT2D eigenvalue weighted by atomic mass is 16.5. The molecule has 3 rings (SSSR count). The number of nitrogens with zero attached hydrogens (tertiary/aromatic N) is 3. The van der Waals surface area contributed by atoms with Crippen LogP contribution in [-0.2, 0) is 19.1 Å². The molecule has 0 aromatic rings. The average Bonchev–Trinajstić information content (AvgIpc) is 3.35. The van der Waals surface area contributed by atoms with Crippen molar-refractivity contribution in [2.45, 2.75) is 69.7 Å². The van der Waals surface area contributed by atoms with E-state index in [0.717, 1.165) is 0 Å². The van der Waals surface area contributed by atoms with Crippen molar-refractivity contribution in [2.75, 3.05) is 33.3 Å². The molecule has 0 saturated carbocycles. The van der Waals surface area contributed by atoms with Gasteiger partial charge in [-0.1, -0.05) is 19.1 Å². The summed E-state index contributed by atoms with van der Waals surface area (Å²) in [6.45, 7) is 15.7. The third-order valence-electron chi connectivity index (χ3n) is 7.69. The molecule has 8 heteroatoms. The molecule has 3 saturated heterocycles. The first-order valence-corrected chi connectivity index (χ1v) is 11.9. The Morgan fingerprint density at radius 2 is 1.85 bits per heavy atom. The SMILES string of the molecule is C=CCN(C)C(=O)[C@H]1[C@H]2C(=O)N(CCO)C(C(=O)N(CC=C)C(C)(C)C)C23CC[C@]1(CC)O3. The van der Waals surface area contributed by atoms with Crippen molar-refractivity contribution in [1.82, 2.24) is 14.7 Å². The zero-order valence-electron chi connectivity index (χ0n) is 20.7. The van der Waals surface area contributed by atoms with Gasteiger partial charge in [-0.05, 0) is 40.0 Å². The molecule has 3 fully saturated rings. The smallest absolute Gasteiger partial charge is 0.249 e. The van der Waals surface area contributed by atoms with Crippen molar-refractivity contribution >= 4 is 17.7 Å². The highest BCUT2D eigenvalue weighted by Gasteiger charge is 2.79. The lowest BCUT2D eigenvalue weighted by atomic mass is 9.64. The summed E-state index contributed by atoms with van der Waals surface area (Å²) in [6.07, 6.45) is 5.03. The van der Waals surface area contributed by atoms with Gasteiger partial charge >= 0.3 is 0 Å². The number of β-amino-alcohol motifs (C(OH)–C–C–N with tert-alkyl or cyclic N) is 1. The van der Waals surface area contributed by atoms with E-state index in [1.807, 2.05) is 27.7 Å². The second-order valence-corrected chi connectivity index (χ2v) is 10.5. The van der Waals surface area contributed by atoms with Crippen molar-refractivity contribution < 1.29 is 24.2 Å². The van der Waals surface area contributed by atoms with Crippen LogP contribution in [0.15, 0.2) is 25.3 Å². The molecule has 3 amide bonds. The van der Waals surface area contributed by atoms with Gasteiger partial charge in [-0.3, -0.25) is 14.4 Å². The molecule has 3 aliphatic rings. The monoisotopic (exact) mass is 461 g/mol. The van der Waals surface area contributed by atoms with Crippen LogP contribution in [0.25, 0.3) is 0 Å². The highest BCUT2D eigenvalue weighted by Crippen LogP contribution is 2.64. The number of likely N-dealkylation sites (N-methyl/N-ethyl adjacent to an activating group) is 1. The Bertz CT molecular complexity index is 836. The van der Waals surface area contributed by atoms with Crippen molar-refractivity contribution in [3.63, 3.8) is 0 Å². The van der Waals surface area contributed by atoms with Crippen LogP contribution < -0.4 is 0 Å². The second kappa shape index (κ2) is 8.87. The Kier molecular flexibility index (Phi) is 6.84. The molecule has 5 atom stereocenters. The van der Waals surface area contributed by atoms with E-state index in [4.69, 9.17) is 4.74 Å². The first kappa shape index (κ1) is 25.4. The summed E-state index contributed by atoms with van der Waals surface area (Å²) >= 11 is 0. The minimum Gasteiger partial charge on any atom is -0.395 e. The lowest BCUT2D eigenvalue weighted by Gasteiger charge is -2.42. The quantitative estimate of drug-likeness (QED) is 0.527. The van der Waals surface area contributed by atoms with E-state index in [1.165, 1.54) is 4.90 Å². The summed E-state index contributed by atoms with van der Waals surface area (Å²) in [5.41, 5.74) is -2.37. The van der Waals surface area contributed by atoms with E-state index in [2.05, 4.69) is 13.2 Å². The highest BCUT2D eigenvalue weighted by molar-refractivity contribution is 5.99. The van der Waals surface area contributed by atoms with E-state index < -0.39 is 34.6 Å². The lowest BCUT2D eigenvalue weighted by Crippen LogP contribution is -2.60. The number of aliphatic hydroxyl groups is 1. The maximum Gasteiger partial charge on any atom is 0.249 e. The zero-order valence-corrected chi connectivity index (χ0v) is 20.7. The van der Waals surface area contributed by atoms with Crippen LogP contribution in [0, 0.1) is 11.8 Å². The van der Waals surface area contributed by atoms with Crippen LogP contribution in [-0.4, -0.2) is 93.6 Å². The van der Waals surface area contributed by atoms with E-state index >= 15 is 0 Å². The molecule has 1 spiro atoms. The molecule has 0 aromatic heterocycles. The maximum absolute atomic E-state index is 14.1. The Morgan fingerprint density at radius 1 is 1.21 bits per heavy atom. The summed E-state index contributed by atoms with van der Waals surface area (Å²) in [7, 11) is 1.70. The van der Waals surface area contributed by atoms with E-state index in [-0.39, 0.29) is 30.9 Å². The van der Waals surface area contributed by atoms with Gasteiger partial charge in [-0.25, -0.2) is 0 Å². The van der Waals surface area contributed by atoms with Crippen molar-refractivity contribution in [2.24, 2.45) is 11.8 Å². The molecule has 2 unspecified atom stereocenters. The molecule has 1 N–H and O–H groups in total. The summed E-state index contributed by atoms with van der Waals surface area (Å²) in [5, 5.41) is 9.74. The first-order valence-electron chi connectivity index (χ1n) is 11.9. The van der Waals surface area contributed by atoms with Crippen molar-refractivity contribution in [1.29, 1.82) is 0 Å². The number of carbonyl (C=O) groups is 3. The minimum absolute atomic E-state index is 0.0193. The molecule has 184 valence electrons. The fourth-order valence-corrected chi connectivity index (χ4v) is 6.21. The standard InChI is InChI=1S/C25H39N3O5/c1-8-13-26(7)20(30)17-18-21(31)27(15-16-29)19(22(32)28(14-9-2)23(4,5)6)25(18)12-11-24(17,10-3)33-25/h8-9,17-19,29H,1-2,10-16H2,3-7H3/t17-,18+,19?,24+,25?/m1/s1. The van der Waals surface area contributed by atoms with Crippen LogP contribution in [0.3, 0.4) is 0 Å². The van der Waals surface area contributed by atoms with Gasteiger partial charge in [0.2, 0.25) is 17.7 Å². The number of aliphatic hydroxyl groups excluding tert-OH is 1. The van der Waals surface area contributed by atoms with Crippen LogP contribution in [0.4, 0.5) is 0 Å². The zero-order chi connectivity index (χ0) is 24.8. The van der Waals surface area contributed by atoms with E-state index in [1.54, 1.807) is 29.0 Å². The number of rotatable bonds is 9. The number of ether oxygens (including phenoxy) is 1. The molecular weight excluding hydrogens is 422 g/mol. The topological polar surface area (TPSA) is 90.4 Å². The van der Waals surface area contributed by atoms with Gasteiger partial charge in [0, 0.05) is 32.2 Å². The van der Waals surface area contributed by atoms with Gasteiger partial charge in [0.1, 0.15) is 11.6 Å². The molecule has 0 aromatic carbocycles. The van der Waals surface area contributed by atoms with Gasteiger partial charge in [0.25, 0.3) is 0 Å². The van der Waals surface area contributed by atoms with Gasteiger partial charge < -0.3 is 24.5 Å². The van der Waals surface area contributed by atoms with E-state index in [0.29, 0.717) is 32.4 Å². The Labute approximate surface area is 197 Å². The third kappa shape index (κ3) is 3.71. The number of fused-ring (bicyclic) bond motifs is 1. The summed E-state index contributed by atoms with van der Waals surface area (Å²) in [5.74, 6) is -2.10. The molecule has 2 bridgehead atoms. The van der Waals surface area contributed by atoms with Crippen LogP contribution in [0.1, 0.15) is 47.0 Å². The fourth-order valence-electron chi connectivity index (χ4n) is 6.21. The molecule has 8 nitrogen and oxygen atoms in total. The first-order chi connectivity index (χ1) is 15.5. The van der Waals surface area contributed by atoms with Crippen LogP contribution >= 0.6 is 0 Å². The lowest BCUT2D eigenvalue weighted by molar-refractivity contribution is -0.157. The van der Waals surface area contributed by atoms with Crippen molar-refractivity contribution in [3.8, 4) is 0 Å². The third-order valence-corrected chi connectivity index (χ3v) is 7.69. The molecule has 0 aliphatic carbocycles. The predicted octanol–water partition coefficient (Wildman–Crippen LogP) is 1.59. The fraction of sp³-hybridized carbons (Fsp3) is 0.720. The summed E-state index contributed by atoms with van der Waals surface area (Å²) < 4.78 is 6.71. The molecule has 3 aliphatic heterocycles. The number of amides is 3. The van der Waals surface area contributed by atoms with Gasteiger partial charge in [0.05, 0.1) is 24.0 Å². The minimum atomic E-state index is -1.08. The molecule has 33 heavy (non-hydrogen) atoms. The Morgan fingerprint density at radius 3 is 2.36 bits per heavy atom. The predicted molar refractivity (Wildman–Crippen MR) is 125 cm³/mol. The van der Waals surface area contributed by atoms with Crippen LogP contribution in [0.5, 0.6) is 0 Å². The number of carbonyl (C=O) groups excluding carboxylic acids is 3. The molecular formula is C25H39N3O5. The number of likely N-dealkylation sites (tertiary alicyclic amines) is 1. The number of hydrogen-bond donors (Lipinski definition) is 1. The Hall–Kier alpha value is -2.19. The van der Waals surface area contributed by atoms with Gasteiger partial charge in [0.15, 0.2) is 0 Å².